The van der Waals surface area contributed by atoms with Crippen molar-refractivity contribution in [1.82, 2.24) is 19.4 Å². The molecule has 0 radical (unpaired) electrons. The van der Waals surface area contributed by atoms with E-state index in [-0.39, 0.29) is 22.2 Å². The Hall–Kier alpha value is -3.51. The summed E-state index contributed by atoms with van der Waals surface area (Å²) in [7, 11) is -3.90. The van der Waals surface area contributed by atoms with Crippen LogP contribution in [0.3, 0.4) is 0 Å². The summed E-state index contributed by atoms with van der Waals surface area (Å²) in [6.45, 7) is 2.64. The van der Waals surface area contributed by atoms with Crippen molar-refractivity contribution in [3.8, 4) is 17.1 Å². The van der Waals surface area contributed by atoms with E-state index >= 15 is 0 Å². The summed E-state index contributed by atoms with van der Waals surface area (Å²) in [5, 5.41) is 4.54. The fourth-order valence-electron chi connectivity index (χ4n) is 3.69. The van der Waals surface area contributed by atoms with Gasteiger partial charge >= 0.3 is 4.87 Å². The molecule has 0 aliphatic carbocycles. The Morgan fingerprint density at radius 2 is 1.84 bits per heavy atom. The Bertz CT molecular complexity index is 1710. The molecule has 1 N–H and O–H groups in total. The van der Waals surface area contributed by atoms with Gasteiger partial charge in [0.15, 0.2) is 0 Å². The van der Waals surface area contributed by atoms with E-state index in [2.05, 4.69) is 14.9 Å². The molecule has 9 nitrogen and oxygen atoms in total. The van der Waals surface area contributed by atoms with E-state index in [1.54, 1.807) is 47.0 Å². The van der Waals surface area contributed by atoms with E-state index in [0.29, 0.717) is 39.8 Å². The lowest BCUT2D eigenvalue weighted by Gasteiger charge is -2.07. The quantitative estimate of drug-likeness (QED) is 0.280. The van der Waals surface area contributed by atoms with E-state index in [4.69, 9.17) is 20.9 Å². The summed E-state index contributed by atoms with van der Waals surface area (Å²) < 4.78 is 41.1. The number of ether oxygens (including phenoxy) is 1. The number of aromatic nitrogens is 3. The van der Waals surface area contributed by atoms with E-state index in [9.17, 15) is 13.2 Å². The SMILES string of the molecule is CCOc1ccc(-c2noc(CNS(=O)(=O)c3ccc4c(c3)sc(=O)n4Cc3ccc(Cl)cc3)n2)cc1. The molecule has 5 rings (SSSR count). The monoisotopic (exact) mass is 556 g/mol. The van der Waals surface area contributed by atoms with Gasteiger partial charge in [-0.3, -0.25) is 9.36 Å². The number of hydrogen-bond acceptors (Lipinski definition) is 8. The molecule has 0 unspecified atom stereocenters. The molecule has 3 aromatic carbocycles. The number of sulfonamides is 1. The summed E-state index contributed by atoms with van der Waals surface area (Å²) in [6.07, 6.45) is 0. The first-order valence-corrected chi connectivity index (χ1v) is 13.9. The number of fused-ring (bicyclic) bond motifs is 1. The van der Waals surface area contributed by atoms with Crippen LogP contribution in [-0.4, -0.2) is 29.7 Å². The van der Waals surface area contributed by atoms with Gasteiger partial charge in [-0.2, -0.15) is 4.98 Å². The fourth-order valence-corrected chi connectivity index (χ4v) is 5.82. The molecule has 0 aliphatic rings. The van der Waals surface area contributed by atoms with Crippen molar-refractivity contribution in [3.63, 3.8) is 0 Å². The Kier molecular flexibility index (Phi) is 7.11. The summed E-state index contributed by atoms with van der Waals surface area (Å²) in [5.74, 6) is 1.18. The number of thiazole rings is 1. The van der Waals surface area contributed by atoms with E-state index in [1.165, 1.54) is 12.1 Å². The Morgan fingerprint density at radius 1 is 1.08 bits per heavy atom. The van der Waals surface area contributed by atoms with Crippen LogP contribution in [0.1, 0.15) is 18.4 Å². The minimum absolute atomic E-state index is 0.0335. The molecule has 37 heavy (non-hydrogen) atoms. The molecule has 0 aliphatic heterocycles. The molecule has 0 saturated heterocycles. The van der Waals surface area contributed by atoms with Crippen LogP contribution in [0.25, 0.3) is 21.6 Å². The van der Waals surface area contributed by atoms with Gasteiger partial charge in [0, 0.05) is 10.6 Å². The molecule has 5 aromatic rings. The van der Waals surface area contributed by atoms with Crippen molar-refractivity contribution in [2.75, 3.05) is 6.61 Å². The van der Waals surface area contributed by atoms with Crippen molar-refractivity contribution in [2.45, 2.75) is 24.9 Å². The molecule has 2 aromatic heterocycles. The maximum Gasteiger partial charge on any atom is 0.308 e. The minimum atomic E-state index is -3.90. The van der Waals surface area contributed by atoms with Crippen LogP contribution < -0.4 is 14.3 Å². The standard InChI is InChI=1S/C25H21ClN4O5S2/c1-2-34-19-9-5-17(6-10-19)24-28-23(35-29-24)14-27-37(32,33)20-11-12-21-22(13-20)36-25(31)30(21)15-16-3-7-18(26)8-4-16/h3-13,27H,2,14-15H2,1H3. The number of nitrogens with zero attached hydrogens (tertiary/aromatic N) is 3. The number of benzene rings is 3. The highest BCUT2D eigenvalue weighted by Crippen LogP contribution is 2.24. The smallest absolute Gasteiger partial charge is 0.308 e. The fraction of sp³-hybridized carbons (Fsp3) is 0.160. The normalized spacial score (nSPS) is 11.7. The molecule has 0 atom stereocenters. The maximum atomic E-state index is 12.9. The van der Waals surface area contributed by atoms with Crippen molar-refractivity contribution in [2.24, 2.45) is 0 Å². The van der Waals surface area contributed by atoms with Gasteiger partial charge in [0.2, 0.25) is 21.7 Å². The molecular weight excluding hydrogens is 536 g/mol. The van der Waals surface area contributed by atoms with Gasteiger partial charge in [-0.25, -0.2) is 13.1 Å². The number of nitrogens with one attached hydrogen (secondary N) is 1. The number of halogens is 1. The predicted octanol–water partition coefficient (Wildman–Crippen LogP) is 4.69. The highest BCUT2D eigenvalue weighted by atomic mass is 35.5. The second kappa shape index (κ2) is 10.5. The van der Waals surface area contributed by atoms with Crippen LogP contribution in [-0.2, 0) is 23.1 Å². The van der Waals surface area contributed by atoms with Gasteiger partial charge < -0.3 is 9.26 Å². The molecule has 190 valence electrons. The minimum Gasteiger partial charge on any atom is -0.494 e. The maximum absolute atomic E-state index is 12.9. The van der Waals surface area contributed by atoms with Gasteiger partial charge in [0.05, 0.1) is 34.8 Å². The third kappa shape index (κ3) is 5.59. The molecule has 2 heterocycles. The summed E-state index contributed by atoms with van der Waals surface area (Å²) in [5.41, 5.74) is 2.28. The van der Waals surface area contributed by atoms with Gasteiger partial charge in [-0.1, -0.05) is 40.2 Å². The van der Waals surface area contributed by atoms with E-state index in [1.807, 2.05) is 19.1 Å². The van der Waals surface area contributed by atoms with Crippen molar-refractivity contribution in [3.05, 3.63) is 92.9 Å². The van der Waals surface area contributed by atoms with Gasteiger partial charge in [-0.15, -0.1) is 0 Å². The van der Waals surface area contributed by atoms with Crippen LogP contribution >= 0.6 is 22.9 Å². The van der Waals surface area contributed by atoms with Crippen molar-refractivity contribution in [1.29, 1.82) is 0 Å². The van der Waals surface area contributed by atoms with E-state index in [0.717, 1.165) is 22.6 Å². The third-order valence-electron chi connectivity index (χ3n) is 5.51. The lowest BCUT2D eigenvalue weighted by molar-refractivity contribution is 0.340. The first-order valence-electron chi connectivity index (χ1n) is 11.3. The first-order chi connectivity index (χ1) is 17.8. The topological polar surface area (TPSA) is 116 Å². The van der Waals surface area contributed by atoms with E-state index < -0.39 is 10.0 Å². The van der Waals surface area contributed by atoms with Gasteiger partial charge in [0.1, 0.15) is 5.75 Å². The predicted molar refractivity (Wildman–Crippen MR) is 142 cm³/mol. The van der Waals surface area contributed by atoms with Crippen LogP contribution in [0.4, 0.5) is 0 Å². The lowest BCUT2D eigenvalue weighted by atomic mass is 10.2. The van der Waals surface area contributed by atoms with Crippen LogP contribution in [0.15, 0.2) is 80.9 Å². The van der Waals surface area contributed by atoms with Crippen molar-refractivity contribution < 1.29 is 17.7 Å². The molecule has 0 saturated carbocycles. The molecule has 0 fully saturated rings. The molecule has 0 amide bonds. The Morgan fingerprint density at radius 3 is 2.57 bits per heavy atom. The third-order valence-corrected chi connectivity index (χ3v) is 8.10. The van der Waals surface area contributed by atoms with Crippen molar-refractivity contribution >= 4 is 43.2 Å². The Balaban J connectivity index is 1.30. The van der Waals surface area contributed by atoms with Crippen LogP contribution in [0.5, 0.6) is 5.75 Å². The highest BCUT2D eigenvalue weighted by Gasteiger charge is 2.19. The zero-order valence-corrected chi connectivity index (χ0v) is 21.9. The van der Waals surface area contributed by atoms with Crippen LogP contribution in [0, 0.1) is 0 Å². The average Bonchev–Trinajstić information content (AvgIpc) is 3.49. The zero-order chi connectivity index (χ0) is 26.0. The molecule has 0 bridgehead atoms. The average molecular weight is 557 g/mol. The van der Waals surface area contributed by atoms with Crippen LogP contribution in [0.2, 0.25) is 5.02 Å². The second-order valence-corrected chi connectivity index (χ2v) is 11.2. The zero-order valence-electron chi connectivity index (χ0n) is 19.5. The largest absolute Gasteiger partial charge is 0.494 e. The van der Waals surface area contributed by atoms with Gasteiger partial charge in [-0.05, 0) is 67.1 Å². The summed E-state index contributed by atoms with van der Waals surface area (Å²) in [4.78, 5) is 16.7. The molecule has 0 spiro atoms. The highest BCUT2D eigenvalue weighted by molar-refractivity contribution is 7.89. The Labute approximate surface area is 221 Å². The number of rotatable bonds is 9. The summed E-state index contributed by atoms with van der Waals surface area (Å²) in [6, 6.07) is 19.0. The summed E-state index contributed by atoms with van der Waals surface area (Å²) >= 11 is 6.93. The molecule has 12 heteroatoms. The lowest BCUT2D eigenvalue weighted by Crippen LogP contribution is -2.23. The van der Waals surface area contributed by atoms with Gasteiger partial charge in [0.25, 0.3) is 0 Å². The molecular formula is C25H21ClN4O5S2. The number of hydrogen-bond donors (Lipinski definition) is 1. The second-order valence-electron chi connectivity index (χ2n) is 8.00. The first kappa shape index (κ1) is 25.2.